The first kappa shape index (κ1) is 13.4. The molecule has 2 atom stereocenters. The van der Waals surface area contributed by atoms with E-state index in [-0.39, 0.29) is 12.1 Å². The zero-order chi connectivity index (χ0) is 13.4. The molecule has 1 aromatic carbocycles. The third-order valence-corrected chi connectivity index (χ3v) is 4.52. The molecular formula is C15H20BrNO2. The Morgan fingerprint density at radius 2 is 2.26 bits per heavy atom. The normalized spacial score (nSPS) is 20.8. The molecule has 1 aromatic rings. The van der Waals surface area contributed by atoms with Gasteiger partial charge < -0.3 is 15.2 Å². The highest BCUT2D eigenvalue weighted by molar-refractivity contribution is 9.10. The molecule has 1 aliphatic carbocycles. The SMILES string of the molecule is COC(C(N)Cc1cc(Br)cc2c1OCC2)C1CC1. The number of hydrogen-bond acceptors (Lipinski definition) is 3. The summed E-state index contributed by atoms with van der Waals surface area (Å²) in [7, 11) is 1.77. The van der Waals surface area contributed by atoms with E-state index in [2.05, 4.69) is 28.1 Å². The van der Waals surface area contributed by atoms with Gasteiger partial charge in [-0.05, 0) is 48.4 Å². The number of fused-ring (bicyclic) bond motifs is 1. The van der Waals surface area contributed by atoms with Crippen LogP contribution in [0, 0.1) is 5.92 Å². The van der Waals surface area contributed by atoms with E-state index >= 15 is 0 Å². The minimum atomic E-state index is 0.0418. The summed E-state index contributed by atoms with van der Waals surface area (Å²) < 4.78 is 12.4. The molecule has 3 nitrogen and oxygen atoms in total. The van der Waals surface area contributed by atoms with E-state index in [0.717, 1.165) is 29.7 Å². The largest absolute Gasteiger partial charge is 0.493 e. The van der Waals surface area contributed by atoms with Crippen molar-refractivity contribution in [2.24, 2.45) is 11.7 Å². The van der Waals surface area contributed by atoms with Gasteiger partial charge in [0.05, 0.1) is 12.7 Å². The third-order valence-electron chi connectivity index (χ3n) is 4.06. The first-order chi connectivity index (χ1) is 9.19. The first-order valence-corrected chi connectivity index (χ1v) is 7.71. The molecule has 3 rings (SSSR count). The van der Waals surface area contributed by atoms with Gasteiger partial charge in [-0.3, -0.25) is 0 Å². The summed E-state index contributed by atoms with van der Waals surface area (Å²) in [5, 5.41) is 0. The number of benzene rings is 1. The van der Waals surface area contributed by atoms with Crippen LogP contribution in [-0.4, -0.2) is 25.9 Å². The molecule has 104 valence electrons. The Morgan fingerprint density at radius 1 is 1.47 bits per heavy atom. The monoisotopic (exact) mass is 325 g/mol. The number of hydrogen-bond donors (Lipinski definition) is 1. The molecule has 2 unspecified atom stereocenters. The highest BCUT2D eigenvalue weighted by Crippen LogP contribution is 2.38. The Bertz CT molecular complexity index is 473. The van der Waals surface area contributed by atoms with Crippen molar-refractivity contribution in [1.29, 1.82) is 0 Å². The summed E-state index contributed by atoms with van der Waals surface area (Å²) in [4.78, 5) is 0. The zero-order valence-electron chi connectivity index (χ0n) is 11.2. The summed E-state index contributed by atoms with van der Waals surface area (Å²) in [6.07, 6.45) is 4.49. The van der Waals surface area contributed by atoms with Gasteiger partial charge in [0.15, 0.2) is 0 Å². The number of nitrogens with two attached hydrogens (primary N) is 1. The molecule has 19 heavy (non-hydrogen) atoms. The van der Waals surface area contributed by atoms with Gasteiger partial charge in [0.2, 0.25) is 0 Å². The van der Waals surface area contributed by atoms with Crippen molar-refractivity contribution in [1.82, 2.24) is 0 Å². The zero-order valence-corrected chi connectivity index (χ0v) is 12.8. The molecule has 2 aliphatic rings. The molecule has 1 aliphatic heterocycles. The van der Waals surface area contributed by atoms with E-state index < -0.39 is 0 Å². The maximum atomic E-state index is 6.35. The second-order valence-corrected chi connectivity index (χ2v) is 6.47. The molecular weight excluding hydrogens is 306 g/mol. The van der Waals surface area contributed by atoms with Crippen LogP contribution in [0.25, 0.3) is 0 Å². The van der Waals surface area contributed by atoms with Crippen LogP contribution >= 0.6 is 15.9 Å². The Balaban J connectivity index is 1.79. The standard InChI is InChI=1S/C15H20BrNO2/c1-18-15(9-2-3-9)13(17)8-11-7-12(16)6-10-4-5-19-14(10)11/h6-7,9,13,15H,2-5,8,17H2,1H3. The van der Waals surface area contributed by atoms with Crippen LogP contribution in [0.3, 0.4) is 0 Å². The van der Waals surface area contributed by atoms with Crippen LogP contribution in [0.15, 0.2) is 16.6 Å². The highest BCUT2D eigenvalue weighted by atomic mass is 79.9. The Hall–Kier alpha value is -0.580. The average molecular weight is 326 g/mol. The summed E-state index contributed by atoms with van der Waals surface area (Å²) >= 11 is 3.57. The second-order valence-electron chi connectivity index (χ2n) is 5.56. The van der Waals surface area contributed by atoms with Crippen molar-refractivity contribution in [3.05, 3.63) is 27.7 Å². The molecule has 1 saturated carbocycles. The molecule has 0 aromatic heterocycles. The molecule has 0 bridgehead atoms. The van der Waals surface area contributed by atoms with Crippen LogP contribution < -0.4 is 10.5 Å². The fourth-order valence-electron chi connectivity index (χ4n) is 3.01. The average Bonchev–Trinajstić information content (AvgIpc) is 3.07. The minimum Gasteiger partial charge on any atom is -0.493 e. The lowest BCUT2D eigenvalue weighted by atomic mass is 9.97. The predicted octanol–water partition coefficient (Wildman–Crippen LogP) is 2.68. The number of rotatable bonds is 5. The van der Waals surface area contributed by atoms with Crippen molar-refractivity contribution in [2.75, 3.05) is 13.7 Å². The second kappa shape index (κ2) is 5.43. The van der Waals surface area contributed by atoms with Gasteiger partial charge in [0.1, 0.15) is 5.75 Å². The molecule has 2 N–H and O–H groups in total. The van der Waals surface area contributed by atoms with Crippen molar-refractivity contribution < 1.29 is 9.47 Å². The van der Waals surface area contributed by atoms with E-state index in [0.29, 0.717) is 5.92 Å². The molecule has 0 amide bonds. The molecule has 0 spiro atoms. The maximum absolute atomic E-state index is 6.35. The van der Waals surface area contributed by atoms with E-state index in [9.17, 15) is 0 Å². The Labute approximate surface area is 122 Å². The topological polar surface area (TPSA) is 44.5 Å². The fraction of sp³-hybridized carbons (Fsp3) is 0.600. The molecule has 1 heterocycles. The smallest absolute Gasteiger partial charge is 0.125 e. The summed E-state index contributed by atoms with van der Waals surface area (Å²) in [6, 6.07) is 4.32. The van der Waals surface area contributed by atoms with Crippen LogP contribution in [0.1, 0.15) is 24.0 Å². The van der Waals surface area contributed by atoms with Crippen molar-refractivity contribution in [3.8, 4) is 5.75 Å². The lowest BCUT2D eigenvalue weighted by Crippen LogP contribution is -2.39. The molecule has 1 fully saturated rings. The Kier molecular flexibility index (Phi) is 3.83. The van der Waals surface area contributed by atoms with Gasteiger partial charge in [-0.1, -0.05) is 15.9 Å². The van der Waals surface area contributed by atoms with Gasteiger partial charge in [0, 0.05) is 24.0 Å². The van der Waals surface area contributed by atoms with Gasteiger partial charge in [-0.2, -0.15) is 0 Å². The van der Waals surface area contributed by atoms with E-state index in [1.165, 1.54) is 24.0 Å². The van der Waals surface area contributed by atoms with Crippen LogP contribution in [0.2, 0.25) is 0 Å². The van der Waals surface area contributed by atoms with Crippen molar-refractivity contribution in [3.63, 3.8) is 0 Å². The maximum Gasteiger partial charge on any atom is 0.125 e. The van der Waals surface area contributed by atoms with Crippen molar-refractivity contribution >= 4 is 15.9 Å². The summed E-state index contributed by atoms with van der Waals surface area (Å²) in [5.41, 5.74) is 8.84. The van der Waals surface area contributed by atoms with Crippen LogP contribution in [-0.2, 0) is 17.6 Å². The van der Waals surface area contributed by atoms with Crippen LogP contribution in [0.4, 0.5) is 0 Å². The third kappa shape index (κ3) is 2.81. The van der Waals surface area contributed by atoms with Crippen LogP contribution in [0.5, 0.6) is 5.75 Å². The van der Waals surface area contributed by atoms with Gasteiger partial charge in [-0.25, -0.2) is 0 Å². The lowest BCUT2D eigenvalue weighted by Gasteiger charge is -2.23. The van der Waals surface area contributed by atoms with E-state index in [4.69, 9.17) is 15.2 Å². The predicted molar refractivity (Wildman–Crippen MR) is 78.5 cm³/mol. The fourth-order valence-corrected chi connectivity index (χ4v) is 3.56. The number of halogens is 1. The molecule has 4 heteroatoms. The molecule has 0 saturated heterocycles. The number of ether oxygens (including phenoxy) is 2. The first-order valence-electron chi connectivity index (χ1n) is 6.91. The van der Waals surface area contributed by atoms with Gasteiger partial charge in [-0.15, -0.1) is 0 Å². The quantitative estimate of drug-likeness (QED) is 0.905. The summed E-state index contributed by atoms with van der Waals surface area (Å²) in [6.45, 7) is 0.782. The number of methoxy groups -OCH3 is 1. The summed E-state index contributed by atoms with van der Waals surface area (Å²) in [5.74, 6) is 1.70. The van der Waals surface area contributed by atoms with Gasteiger partial charge >= 0.3 is 0 Å². The highest BCUT2D eigenvalue weighted by Gasteiger charge is 2.35. The van der Waals surface area contributed by atoms with Crippen molar-refractivity contribution in [2.45, 2.75) is 37.8 Å². The Morgan fingerprint density at radius 3 is 2.95 bits per heavy atom. The van der Waals surface area contributed by atoms with E-state index in [1.54, 1.807) is 7.11 Å². The lowest BCUT2D eigenvalue weighted by molar-refractivity contribution is 0.0625. The minimum absolute atomic E-state index is 0.0418. The van der Waals surface area contributed by atoms with E-state index in [1.807, 2.05) is 0 Å². The molecule has 0 radical (unpaired) electrons. The van der Waals surface area contributed by atoms with Gasteiger partial charge in [0.25, 0.3) is 0 Å².